The van der Waals surface area contributed by atoms with Gasteiger partial charge in [-0.05, 0) is 18.6 Å². The van der Waals surface area contributed by atoms with E-state index in [2.05, 4.69) is 14.3 Å². The molecule has 0 fully saturated rings. The van der Waals surface area contributed by atoms with Crippen LogP contribution in [0.2, 0.25) is 0 Å². The van der Waals surface area contributed by atoms with Gasteiger partial charge in [-0.2, -0.15) is 8.42 Å². The van der Waals surface area contributed by atoms with Gasteiger partial charge >= 0.3 is 10.3 Å². The van der Waals surface area contributed by atoms with Crippen molar-refractivity contribution in [1.82, 2.24) is 4.98 Å². The summed E-state index contributed by atoms with van der Waals surface area (Å²) in [5.41, 5.74) is 1.53. The van der Waals surface area contributed by atoms with Crippen molar-refractivity contribution in [2.75, 3.05) is 0 Å². The molecule has 0 aliphatic rings. The summed E-state index contributed by atoms with van der Waals surface area (Å²) in [5, 5.41) is 4.64. The molecule has 1 rings (SSSR count). The number of hydrogen-bond acceptors (Lipinski definition) is 4. The van der Waals surface area contributed by atoms with E-state index in [1.165, 1.54) is 0 Å². The molecular weight excluding hydrogens is 192 g/mol. The Kier molecular flexibility index (Phi) is 2.97. The second kappa shape index (κ2) is 3.82. The van der Waals surface area contributed by atoms with Crippen LogP contribution < -0.4 is 5.14 Å². The molecule has 1 aromatic rings. The van der Waals surface area contributed by atoms with Crippen LogP contribution in [0.5, 0.6) is 0 Å². The quantitative estimate of drug-likeness (QED) is 0.754. The van der Waals surface area contributed by atoms with E-state index >= 15 is 0 Å². The topological polar surface area (TPSA) is 82.3 Å². The lowest BCUT2D eigenvalue weighted by Crippen LogP contribution is -2.15. The van der Waals surface area contributed by atoms with E-state index in [0.717, 1.165) is 5.56 Å². The maximum Gasteiger partial charge on any atom is 0.333 e. The lowest BCUT2D eigenvalue weighted by Gasteiger charge is -2.00. The van der Waals surface area contributed by atoms with E-state index in [1.54, 1.807) is 12.3 Å². The van der Waals surface area contributed by atoms with Crippen LogP contribution in [0, 0.1) is 6.92 Å². The third kappa shape index (κ3) is 3.97. The van der Waals surface area contributed by atoms with Crippen molar-refractivity contribution in [1.29, 1.82) is 0 Å². The third-order valence-electron chi connectivity index (χ3n) is 1.34. The molecule has 1 aromatic heterocycles. The number of pyridine rings is 1. The number of aromatic nitrogens is 1. The van der Waals surface area contributed by atoms with Gasteiger partial charge in [0, 0.05) is 6.20 Å². The van der Waals surface area contributed by atoms with Crippen molar-refractivity contribution in [3.8, 4) is 0 Å². The van der Waals surface area contributed by atoms with Crippen LogP contribution in [0.1, 0.15) is 11.3 Å². The zero-order valence-corrected chi connectivity index (χ0v) is 7.91. The molecule has 6 heteroatoms. The number of rotatable bonds is 3. The predicted molar refractivity (Wildman–Crippen MR) is 46.9 cm³/mol. The molecule has 1 heterocycles. The van der Waals surface area contributed by atoms with E-state index in [4.69, 9.17) is 0 Å². The first kappa shape index (κ1) is 10.1. The molecule has 0 aromatic carbocycles. The van der Waals surface area contributed by atoms with Gasteiger partial charge in [0.25, 0.3) is 0 Å². The van der Waals surface area contributed by atoms with Gasteiger partial charge in [-0.15, -0.1) is 0 Å². The Labute approximate surface area is 76.8 Å². The van der Waals surface area contributed by atoms with Crippen molar-refractivity contribution >= 4 is 10.3 Å². The summed E-state index contributed by atoms with van der Waals surface area (Å²) in [7, 11) is -3.87. The lowest BCUT2D eigenvalue weighted by molar-refractivity contribution is 0.304. The fourth-order valence-electron chi connectivity index (χ4n) is 0.726. The Morgan fingerprint density at radius 3 is 2.69 bits per heavy atom. The van der Waals surface area contributed by atoms with Gasteiger partial charge in [0.2, 0.25) is 0 Å². The molecule has 13 heavy (non-hydrogen) atoms. The van der Waals surface area contributed by atoms with Crippen molar-refractivity contribution in [2.45, 2.75) is 13.5 Å². The highest BCUT2D eigenvalue weighted by atomic mass is 32.2. The van der Waals surface area contributed by atoms with Gasteiger partial charge in [-0.25, -0.2) is 5.14 Å². The van der Waals surface area contributed by atoms with Crippen LogP contribution in [0.4, 0.5) is 0 Å². The monoisotopic (exact) mass is 202 g/mol. The molecule has 0 radical (unpaired) electrons. The number of hydrogen-bond donors (Lipinski definition) is 1. The third-order valence-corrected chi connectivity index (χ3v) is 1.79. The van der Waals surface area contributed by atoms with Gasteiger partial charge in [-0.1, -0.05) is 6.07 Å². The summed E-state index contributed by atoms with van der Waals surface area (Å²) in [6, 6.07) is 3.50. The van der Waals surface area contributed by atoms with Crippen LogP contribution in [-0.4, -0.2) is 13.4 Å². The minimum absolute atomic E-state index is 0.126. The van der Waals surface area contributed by atoms with Crippen LogP contribution in [0.15, 0.2) is 18.3 Å². The molecule has 0 atom stereocenters. The smallest absolute Gasteiger partial charge is 0.259 e. The molecule has 2 N–H and O–H groups in total. The predicted octanol–water partition coefficient (Wildman–Crippen LogP) is 0.110. The lowest BCUT2D eigenvalue weighted by atomic mass is 10.3. The second-order valence-electron chi connectivity index (χ2n) is 2.58. The van der Waals surface area contributed by atoms with Crippen molar-refractivity contribution < 1.29 is 12.6 Å². The first-order valence-corrected chi connectivity index (χ1v) is 5.03. The zero-order chi connectivity index (χ0) is 9.90. The fraction of sp³-hybridized carbons (Fsp3) is 0.286. The Morgan fingerprint density at radius 2 is 2.23 bits per heavy atom. The highest BCUT2D eigenvalue weighted by Crippen LogP contribution is 2.00. The van der Waals surface area contributed by atoms with E-state index in [9.17, 15) is 8.42 Å². The van der Waals surface area contributed by atoms with Crippen LogP contribution in [-0.2, 0) is 21.1 Å². The highest BCUT2D eigenvalue weighted by Gasteiger charge is 2.02. The molecule has 0 aliphatic carbocycles. The highest BCUT2D eigenvalue weighted by molar-refractivity contribution is 7.84. The van der Waals surface area contributed by atoms with Crippen molar-refractivity contribution in [3.05, 3.63) is 29.6 Å². The maximum atomic E-state index is 10.4. The molecule has 72 valence electrons. The largest absolute Gasteiger partial charge is 0.333 e. The molecule has 0 saturated carbocycles. The van der Waals surface area contributed by atoms with Crippen LogP contribution >= 0.6 is 0 Å². The minimum atomic E-state index is -3.87. The van der Waals surface area contributed by atoms with E-state index < -0.39 is 10.3 Å². The molecule has 0 amide bonds. The molecule has 0 bridgehead atoms. The summed E-state index contributed by atoms with van der Waals surface area (Å²) in [4.78, 5) is 3.94. The summed E-state index contributed by atoms with van der Waals surface area (Å²) in [5.74, 6) is 0. The second-order valence-corrected chi connectivity index (χ2v) is 3.80. The average Bonchev–Trinajstić information content (AvgIpc) is 2.02. The molecule has 0 aliphatic heterocycles. The Hall–Kier alpha value is -0.980. The summed E-state index contributed by atoms with van der Waals surface area (Å²) >= 11 is 0. The van der Waals surface area contributed by atoms with Crippen LogP contribution in [0.25, 0.3) is 0 Å². The Balaban J connectivity index is 2.61. The molecule has 0 spiro atoms. The SMILES string of the molecule is Cc1ccc(COS(N)(=O)=O)nc1. The minimum Gasteiger partial charge on any atom is -0.259 e. The standard InChI is InChI=1S/C7H10N2O3S/c1-6-2-3-7(9-4-6)5-12-13(8,10)11/h2-4H,5H2,1H3,(H2,8,10,11). The van der Waals surface area contributed by atoms with Gasteiger partial charge in [0.1, 0.15) is 6.61 Å². The van der Waals surface area contributed by atoms with E-state index in [0.29, 0.717) is 5.69 Å². The normalized spacial score (nSPS) is 11.5. The van der Waals surface area contributed by atoms with Gasteiger partial charge in [0.05, 0.1) is 5.69 Å². The first-order chi connectivity index (χ1) is 5.97. The molecular formula is C7H10N2O3S. The molecule has 5 nitrogen and oxygen atoms in total. The molecule has 0 saturated heterocycles. The van der Waals surface area contributed by atoms with Crippen molar-refractivity contribution in [3.63, 3.8) is 0 Å². The zero-order valence-electron chi connectivity index (χ0n) is 7.10. The Bertz CT molecular complexity index is 371. The van der Waals surface area contributed by atoms with Crippen molar-refractivity contribution in [2.24, 2.45) is 5.14 Å². The fourth-order valence-corrected chi connectivity index (χ4v) is 1.01. The van der Waals surface area contributed by atoms with Crippen LogP contribution in [0.3, 0.4) is 0 Å². The summed E-state index contributed by atoms with van der Waals surface area (Å²) in [6.07, 6.45) is 1.63. The number of aryl methyl sites for hydroxylation is 1. The van der Waals surface area contributed by atoms with Gasteiger partial charge in [-0.3, -0.25) is 9.17 Å². The van der Waals surface area contributed by atoms with E-state index in [1.807, 2.05) is 13.0 Å². The Morgan fingerprint density at radius 1 is 1.54 bits per heavy atom. The summed E-state index contributed by atoms with van der Waals surface area (Å²) < 4.78 is 25.1. The maximum absolute atomic E-state index is 10.4. The summed E-state index contributed by atoms with van der Waals surface area (Å²) in [6.45, 7) is 1.76. The molecule has 0 unspecified atom stereocenters. The number of nitrogens with two attached hydrogens (primary N) is 1. The van der Waals surface area contributed by atoms with Gasteiger partial charge in [0.15, 0.2) is 0 Å². The van der Waals surface area contributed by atoms with Gasteiger partial charge < -0.3 is 0 Å². The number of nitrogens with zero attached hydrogens (tertiary/aromatic N) is 1. The van der Waals surface area contributed by atoms with E-state index in [-0.39, 0.29) is 6.61 Å². The first-order valence-electron chi connectivity index (χ1n) is 3.56. The average molecular weight is 202 g/mol.